The molecule has 5 heteroatoms. The Morgan fingerprint density at radius 2 is 2.21 bits per heavy atom. The molecule has 0 radical (unpaired) electrons. The van der Waals surface area contributed by atoms with Crippen molar-refractivity contribution in [3.63, 3.8) is 0 Å². The van der Waals surface area contributed by atoms with Crippen LogP contribution in [0.25, 0.3) is 11.3 Å². The van der Waals surface area contributed by atoms with Crippen LogP contribution in [0.2, 0.25) is 5.02 Å². The molecule has 72 valence electrons. The summed E-state index contributed by atoms with van der Waals surface area (Å²) in [5.41, 5.74) is 5.73. The van der Waals surface area contributed by atoms with Crippen molar-refractivity contribution in [3.8, 4) is 11.3 Å². The molecule has 1 aromatic heterocycles. The second-order valence-electron chi connectivity index (χ2n) is 2.69. The van der Waals surface area contributed by atoms with E-state index in [9.17, 15) is 4.39 Å². The summed E-state index contributed by atoms with van der Waals surface area (Å²) in [6, 6.07) is 4.01. The Kier molecular flexibility index (Phi) is 2.13. The molecule has 3 nitrogen and oxygen atoms in total. The van der Waals surface area contributed by atoms with Crippen LogP contribution >= 0.6 is 11.6 Å². The van der Waals surface area contributed by atoms with E-state index >= 15 is 0 Å². The Morgan fingerprint density at radius 3 is 2.86 bits per heavy atom. The van der Waals surface area contributed by atoms with Gasteiger partial charge in [0.1, 0.15) is 5.82 Å². The van der Waals surface area contributed by atoms with E-state index in [1.807, 2.05) is 0 Å². The van der Waals surface area contributed by atoms with Gasteiger partial charge in [-0.15, -0.1) is 0 Å². The highest BCUT2D eigenvalue weighted by atomic mass is 35.5. The number of rotatable bonds is 1. The molecule has 0 fully saturated rings. The summed E-state index contributed by atoms with van der Waals surface area (Å²) in [4.78, 5) is 3.69. The highest BCUT2D eigenvalue weighted by Crippen LogP contribution is 2.29. The van der Waals surface area contributed by atoms with Gasteiger partial charge in [-0.25, -0.2) is 9.37 Å². The van der Waals surface area contributed by atoms with Crippen molar-refractivity contribution in [2.45, 2.75) is 0 Å². The smallest absolute Gasteiger partial charge is 0.292 e. The molecule has 1 aromatic carbocycles. The molecule has 0 saturated carbocycles. The van der Waals surface area contributed by atoms with Crippen molar-refractivity contribution < 1.29 is 8.81 Å². The van der Waals surface area contributed by atoms with Crippen LogP contribution in [-0.2, 0) is 0 Å². The molecule has 0 bridgehead atoms. The molecule has 0 atom stereocenters. The van der Waals surface area contributed by atoms with Gasteiger partial charge in [-0.1, -0.05) is 11.6 Å². The molecular weight excluding hydrogens is 207 g/mol. The first-order valence-corrected chi connectivity index (χ1v) is 4.21. The van der Waals surface area contributed by atoms with E-state index < -0.39 is 0 Å². The van der Waals surface area contributed by atoms with Crippen LogP contribution in [0, 0.1) is 5.82 Å². The Bertz CT molecular complexity index is 470. The number of hydrogen-bond donors (Lipinski definition) is 1. The van der Waals surface area contributed by atoms with Gasteiger partial charge in [0.15, 0.2) is 5.76 Å². The molecule has 2 rings (SSSR count). The first kappa shape index (κ1) is 9.02. The van der Waals surface area contributed by atoms with Gasteiger partial charge in [-0.05, 0) is 18.2 Å². The number of nitrogen functional groups attached to an aromatic ring is 1. The van der Waals surface area contributed by atoms with Gasteiger partial charge >= 0.3 is 0 Å². The van der Waals surface area contributed by atoms with Gasteiger partial charge in [0.2, 0.25) is 0 Å². The zero-order chi connectivity index (χ0) is 10.1. The van der Waals surface area contributed by atoms with E-state index in [1.54, 1.807) is 0 Å². The molecule has 14 heavy (non-hydrogen) atoms. The van der Waals surface area contributed by atoms with Gasteiger partial charge in [0.25, 0.3) is 6.01 Å². The van der Waals surface area contributed by atoms with Crippen LogP contribution in [0.3, 0.4) is 0 Å². The number of aromatic nitrogens is 1. The zero-order valence-corrected chi connectivity index (χ0v) is 7.75. The molecular formula is C9H6ClFN2O. The molecule has 0 unspecified atom stereocenters. The molecule has 2 aromatic rings. The monoisotopic (exact) mass is 212 g/mol. The van der Waals surface area contributed by atoms with Crippen molar-refractivity contribution in [2.24, 2.45) is 0 Å². The van der Waals surface area contributed by atoms with Crippen LogP contribution in [0.1, 0.15) is 0 Å². The standard InChI is InChI=1S/C9H6ClFN2O/c10-7-2-1-5(11)3-6(7)8-4-13-9(12)14-8/h1-4H,(H2,12,13). The fourth-order valence-electron chi connectivity index (χ4n) is 1.10. The third-order valence-corrected chi connectivity index (χ3v) is 2.05. The number of nitrogens with zero attached hydrogens (tertiary/aromatic N) is 1. The maximum absolute atomic E-state index is 12.9. The predicted molar refractivity (Wildman–Crippen MR) is 51.3 cm³/mol. The van der Waals surface area contributed by atoms with Gasteiger partial charge in [0.05, 0.1) is 11.2 Å². The van der Waals surface area contributed by atoms with E-state index in [4.69, 9.17) is 21.8 Å². The number of oxazole rings is 1. The van der Waals surface area contributed by atoms with Gasteiger partial charge in [-0.2, -0.15) is 0 Å². The molecule has 0 saturated heterocycles. The third-order valence-electron chi connectivity index (χ3n) is 1.72. The molecule has 0 aliphatic heterocycles. The summed E-state index contributed by atoms with van der Waals surface area (Å²) >= 11 is 5.84. The second kappa shape index (κ2) is 3.31. The summed E-state index contributed by atoms with van der Waals surface area (Å²) in [6.45, 7) is 0. The van der Waals surface area contributed by atoms with Crippen LogP contribution in [0.4, 0.5) is 10.4 Å². The average molecular weight is 213 g/mol. The lowest BCUT2D eigenvalue weighted by atomic mass is 10.2. The lowest BCUT2D eigenvalue weighted by molar-refractivity contribution is 0.592. The minimum absolute atomic E-state index is 0.0281. The van der Waals surface area contributed by atoms with Crippen molar-refractivity contribution >= 4 is 17.6 Å². The number of halogens is 2. The highest BCUT2D eigenvalue weighted by Gasteiger charge is 2.09. The van der Waals surface area contributed by atoms with Crippen molar-refractivity contribution in [3.05, 3.63) is 35.2 Å². The maximum atomic E-state index is 12.9. The fourth-order valence-corrected chi connectivity index (χ4v) is 1.31. The fraction of sp³-hybridized carbons (Fsp3) is 0. The van der Waals surface area contributed by atoms with Crippen LogP contribution < -0.4 is 5.73 Å². The lowest BCUT2D eigenvalue weighted by Gasteiger charge is -1.99. The number of nitrogens with two attached hydrogens (primary N) is 1. The minimum atomic E-state index is -0.389. The average Bonchev–Trinajstić information content (AvgIpc) is 2.56. The van der Waals surface area contributed by atoms with E-state index in [-0.39, 0.29) is 11.8 Å². The normalized spacial score (nSPS) is 10.4. The summed E-state index contributed by atoms with van der Waals surface area (Å²) < 4.78 is 17.9. The van der Waals surface area contributed by atoms with Gasteiger partial charge in [0, 0.05) is 5.56 Å². The first-order valence-electron chi connectivity index (χ1n) is 3.83. The molecule has 1 heterocycles. The Morgan fingerprint density at radius 1 is 1.43 bits per heavy atom. The van der Waals surface area contributed by atoms with Gasteiger partial charge in [-0.3, -0.25) is 0 Å². The molecule has 2 N–H and O–H groups in total. The largest absolute Gasteiger partial charge is 0.424 e. The molecule has 0 aliphatic carbocycles. The third kappa shape index (κ3) is 1.56. The zero-order valence-electron chi connectivity index (χ0n) is 7.00. The molecule has 0 spiro atoms. The summed E-state index contributed by atoms with van der Waals surface area (Å²) in [7, 11) is 0. The predicted octanol–water partition coefficient (Wildman–Crippen LogP) is 2.72. The van der Waals surface area contributed by atoms with E-state index in [2.05, 4.69) is 4.98 Å². The summed E-state index contributed by atoms with van der Waals surface area (Å²) in [5, 5.41) is 0.391. The van der Waals surface area contributed by atoms with E-state index in [1.165, 1.54) is 24.4 Å². The Hall–Kier alpha value is -1.55. The molecule has 0 aliphatic rings. The Labute approximate surface area is 84.3 Å². The summed E-state index contributed by atoms with van der Waals surface area (Å²) in [6.07, 6.45) is 1.40. The van der Waals surface area contributed by atoms with Crippen LogP contribution in [0.5, 0.6) is 0 Å². The quantitative estimate of drug-likeness (QED) is 0.791. The van der Waals surface area contributed by atoms with Crippen molar-refractivity contribution in [1.82, 2.24) is 4.98 Å². The minimum Gasteiger partial charge on any atom is -0.424 e. The van der Waals surface area contributed by atoms with Crippen LogP contribution in [0.15, 0.2) is 28.8 Å². The van der Waals surface area contributed by atoms with Crippen LogP contribution in [-0.4, -0.2) is 4.98 Å². The second-order valence-corrected chi connectivity index (χ2v) is 3.09. The Balaban J connectivity index is 2.55. The summed E-state index contributed by atoms with van der Waals surface area (Å²) in [5.74, 6) is -0.0358. The number of anilines is 1. The van der Waals surface area contributed by atoms with E-state index in [0.29, 0.717) is 16.3 Å². The SMILES string of the molecule is Nc1ncc(-c2cc(F)ccc2Cl)o1. The number of benzene rings is 1. The number of hydrogen-bond acceptors (Lipinski definition) is 3. The lowest BCUT2D eigenvalue weighted by Crippen LogP contribution is -1.81. The maximum Gasteiger partial charge on any atom is 0.292 e. The first-order chi connectivity index (χ1) is 6.66. The topological polar surface area (TPSA) is 52.0 Å². The molecule has 0 amide bonds. The highest BCUT2D eigenvalue weighted by molar-refractivity contribution is 6.33. The van der Waals surface area contributed by atoms with Crippen molar-refractivity contribution in [2.75, 3.05) is 5.73 Å². The van der Waals surface area contributed by atoms with E-state index in [0.717, 1.165) is 0 Å². The van der Waals surface area contributed by atoms with Gasteiger partial charge < -0.3 is 10.2 Å². The van der Waals surface area contributed by atoms with Crippen molar-refractivity contribution in [1.29, 1.82) is 0 Å².